The summed E-state index contributed by atoms with van der Waals surface area (Å²) in [6.07, 6.45) is 1.84. The Balaban J connectivity index is 2.49. The van der Waals surface area contributed by atoms with Gasteiger partial charge in [-0.05, 0) is 18.9 Å². The van der Waals surface area contributed by atoms with Gasteiger partial charge in [-0.2, -0.15) is 0 Å². The molecule has 0 aliphatic carbocycles. The standard InChI is InChI=1S/C12H21N3O3/c1-3-8(7-13)6-10(16)14-9-4-5-11(17)15(2)12(9)18/h8-9H,3-7,13H2,1-2H3,(H,14,16). The van der Waals surface area contributed by atoms with E-state index < -0.39 is 6.04 Å². The molecule has 3 N–H and O–H groups in total. The van der Waals surface area contributed by atoms with Gasteiger partial charge in [0.05, 0.1) is 0 Å². The second-order valence-corrected chi connectivity index (χ2v) is 4.66. The summed E-state index contributed by atoms with van der Waals surface area (Å²) in [6, 6.07) is -0.574. The zero-order chi connectivity index (χ0) is 13.7. The Labute approximate surface area is 107 Å². The molecule has 3 amide bonds. The van der Waals surface area contributed by atoms with Gasteiger partial charge in [-0.3, -0.25) is 19.3 Å². The molecule has 102 valence electrons. The fraction of sp³-hybridized carbons (Fsp3) is 0.750. The average Bonchev–Trinajstić information content (AvgIpc) is 2.36. The van der Waals surface area contributed by atoms with Gasteiger partial charge < -0.3 is 11.1 Å². The second-order valence-electron chi connectivity index (χ2n) is 4.66. The summed E-state index contributed by atoms with van der Waals surface area (Å²) in [6.45, 7) is 2.43. The summed E-state index contributed by atoms with van der Waals surface area (Å²) in [7, 11) is 1.44. The summed E-state index contributed by atoms with van der Waals surface area (Å²) in [5.74, 6) is -0.559. The number of piperidine rings is 1. The number of hydrogen-bond acceptors (Lipinski definition) is 4. The van der Waals surface area contributed by atoms with Crippen molar-refractivity contribution >= 4 is 17.7 Å². The lowest BCUT2D eigenvalue weighted by Crippen LogP contribution is -2.53. The van der Waals surface area contributed by atoms with Crippen LogP contribution < -0.4 is 11.1 Å². The lowest BCUT2D eigenvalue weighted by molar-refractivity contribution is -0.149. The minimum Gasteiger partial charge on any atom is -0.344 e. The summed E-state index contributed by atoms with van der Waals surface area (Å²) >= 11 is 0. The summed E-state index contributed by atoms with van der Waals surface area (Å²) < 4.78 is 0. The Morgan fingerprint density at radius 3 is 2.78 bits per heavy atom. The molecule has 2 atom stereocenters. The molecular weight excluding hydrogens is 234 g/mol. The van der Waals surface area contributed by atoms with Gasteiger partial charge in [0, 0.05) is 19.9 Å². The molecule has 0 radical (unpaired) electrons. The molecule has 0 bridgehead atoms. The van der Waals surface area contributed by atoms with Gasteiger partial charge in [-0.25, -0.2) is 0 Å². The molecule has 1 aliphatic heterocycles. The van der Waals surface area contributed by atoms with Crippen molar-refractivity contribution in [2.24, 2.45) is 11.7 Å². The van der Waals surface area contributed by atoms with Crippen molar-refractivity contribution in [1.82, 2.24) is 10.2 Å². The third-order valence-corrected chi connectivity index (χ3v) is 3.37. The third-order valence-electron chi connectivity index (χ3n) is 3.37. The first kappa shape index (κ1) is 14.6. The fourth-order valence-electron chi connectivity index (χ4n) is 1.96. The lowest BCUT2D eigenvalue weighted by Gasteiger charge is -2.28. The van der Waals surface area contributed by atoms with E-state index in [4.69, 9.17) is 5.73 Å². The van der Waals surface area contributed by atoms with Crippen molar-refractivity contribution < 1.29 is 14.4 Å². The first-order chi connectivity index (χ1) is 8.49. The Morgan fingerprint density at radius 2 is 2.22 bits per heavy atom. The van der Waals surface area contributed by atoms with Crippen molar-refractivity contribution in [3.8, 4) is 0 Å². The zero-order valence-electron chi connectivity index (χ0n) is 10.9. The molecule has 2 unspecified atom stereocenters. The highest BCUT2D eigenvalue weighted by molar-refractivity contribution is 6.01. The molecule has 18 heavy (non-hydrogen) atoms. The normalized spacial score (nSPS) is 21.9. The zero-order valence-corrected chi connectivity index (χ0v) is 10.9. The van der Waals surface area contributed by atoms with Crippen molar-refractivity contribution in [3.05, 3.63) is 0 Å². The molecule has 6 heteroatoms. The van der Waals surface area contributed by atoms with E-state index in [0.717, 1.165) is 11.3 Å². The van der Waals surface area contributed by atoms with Gasteiger partial charge in [0.15, 0.2) is 0 Å². The first-order valence-corrected chi connectivity index (χ1v) is 6.29. The maximum absolute atomic E-state index is 11.8. The van der Waals surface area contributed by atoms with E-state index in [1.54, 1.807) is 0 Å². The van der Waals surface area contributed by atoms with Crippen LogP contribution in [0.3, 0.4) is 0 Å². The highest BCUT2D eigenvalue weighted by Gasteiger charge is 2.32. The number of carbonyl (C=O) groups is 3. The van der Waals surface area contributed by atoms with Crippen LogP contribution >= 0.6 is 0 Å². The number of nitrogens with zero attached hydrogens (tertiary/aromatic N) is 1. The van der Waals surface area contributed by atoms with Gasteiger partial charge >= 0.3 is 0 Å². The fourth-order valence-corrected chi connectivity index (χ4v) is 1.96. The summed E-state index contributed by atoms with van der Waals surface area (Å²) in [5.41, 5.74) is 5.53. The van der Waals surface area contributed by atoms with E-state index in [-0.39, 0.29) is 23.6 Å². The number of nitrogens with two attached hydrogens (primary N) is 1. The molecule has 0 saturated carbocycles. The number of amides is 3. The topological polar surface area (TPSA) is 92.5 Å². The number of hydrogen-bond donors (Lipinski definition) is 2. The van der Waals surface area contributed by atoms with Gasteiger partial charge in [-0.15, -0.1) is 0 Å². The quantitative estimate of drug-likeness (QED) is 0.655. The highest BCUT2D eigenvalue weighted by atomic mass is 16.2. The number of nitrogens with one attached hydrogen (secondary N) is 1. The van der Waals surface area contributed by atoms with E-state index in [9.17, 15) is 14.4 Å². The van der Waals surface area contributed by atoms with Crippen LogP contribution in [-0.4, -0.2) is 42.3 Å². The molecule has 1 heterocycles. The predicted octanol–water partition coefficient (Wildman–Crippen LogP) is -0.375. The molecule has 1 aliphatic rings. The van der Waals surface area contributed by atoms with Gasteiger partial charge in [-0.1, -0.05) is 13.3 Å². The molecule has 0 aromatic carbocycles. The molecular formula is C12H21N3O3. The van der Waals surface area contributed by atoms with Crippen LogP contribution in [-0.2, 0) is 14.4 Å². The molecule has 0 spiro atoms. The van der Waals surface area contributed by atoms with Crippen molar-refractivity contribution in [2.75, 3.05) is 13.6 Å². The Kier molecular flexibility index (Phi) is 5.27. The smallest absolute Gasteiger partial charge is 0.251 e. The van der Waals surface area contributed by atoms with Crippen LogP contribution in [0.1, 0.15) is 32.6 Å². The predicted molar refractivity (Wildman–Crippen MR) is 66.4 cm³/mol. The minimum atomic E-state index is -0.574. The number of carbonyl (C=O) groups excluding carboxylic acids is 3. The number of likely N-dealkylation sites (N-methyl/N-ethyl adjacent to an activating group) is 1. The van der Waals surface area contributed by atoms with Crippen molar-refractivity contribution in [1.29, 1.82) is 0 Å². The maximum Gasteiger partial charge on any atom is 0.251 e. The number of likely N-dealkylation sites (tertiary alicyclic amines) is 1. The Bertz CT molecular complexity index is 339. The van der Waals surface area contributed by atoms with Crippen molar-refractivity contribution in [2.45, 2.75) is 38.6 Å². The van der Waals surface area contributed by atoms with Gasteiger partial charge in [0.2, 0.25) is 11.8 Å². The number of imide groups is 1. The monoisotopic (exact) mass is 255 g/mol. The highest BCUT2D eigenvalue weighted by Crippen LogP contribution is 2.12. The largest absolute Gasteiger partial charge is 0.344 e. The third kappa shape index (κ3) is 3.53. The molecule has 1 fully saturated rings. The second kappa shape index (κ2) is 6.49. The van der Waals surface area contributed by atoms with E-state index in [2.05, 4.69) is 5.32 Å². The van der Waals surface area contributed by atoms with E-state index in [0.29, 0.717) is 25.8 Å². The van der Waals surface area contributed by atoms with E-state index in [1.165, 1.54) is 7.05 Å². The molecule has 0 aromatic rings. The van der Waals surface area contributed by atoms with Crippen LogP contribution in [0.25, 0.3) is 0 Å². The molecule has 1 rings (SSSR count). The van der Waals surface area contributed by atoms with Crippen LogP contribution in [0, 0.1) is 5.92 Å². The summed E-state index contributed by atoms with van der Waals surface area (Å²) in [5, 5.41) is 2.68. The average molecular weight is 255 g/mol. The van der Waals surface area contributed by atoms with Crippen molar-refractivity contribution in [3.63, 3.8) is 0 Å². The molecule has 0 aromatic heterocycles. The number of rotatable bonds is 5. The lowest BCUT2D eigenvalue weighted by atomic mass is 10.0. The van der Waals surface area contributed by atoms with Crippen LogP contribution in [0.4, 0.5) is 0 Å². The van der Waals surface area contributed by atoms with Crippen LogP contribution in [0.2, 0.25) is 0 Å². The molecule has 1 saturated heterocycles. The Hall–Kier alpha value is -1.43. The Morgan fingerprint density at radius 1 is 1.56 bits per heavy atom. The van der Waals surface area contributed by atoms with E-state index >= 15 is 0 Å². The minimum absolute atomic E-state index is 0.142. The van der Waals surface area contributed by atoms with Crippen LogP contribution in [0.15, 0.2) is 0 Å². The SMILES string of the molecule is CCC(CN)CC(=O)NC1CCC(=O)N(C)C1=O. The van der Waals surface area contributed by atoms with Gasteiger partial charge in [0.1, 0.15) is 6.04 Å². The van der Waals surface area contributed by atoms with Gasteiger partial charge in [0.25, 0.3) is 5.91 Å². The van der Waals surface area contributed by atoms with Crippen LogP contribution in [0.5, 0.6) is 0 Å². The first-order valence-electron chi connectivity index (χ1n) is 6.29. The molecule has 6 nitrogen and oxygen atoms in total. The maximum atomic E-state index is 11.8. The summed E-state index contributed by atoms with van der Waals surface area (Å²) in [4.78, 5) is 35.9. The van der Waals surface area contributed by atoms with E-state index in [1.807, 2.05) is 6.92 Å².